The van der Waals surface area contributed by atoms with Gasteiger partial charge in [0.05, 0.1) is 26.3 Å². The zero-order chi connectivity index (χ0) is 18.9. The predicted molar refractivity (Wildman–Crippen MR) is 95.4 cm³/mol. The molecule has 1 unspecified atom stereocenters. The maximum Gasteiger partial charge on any atom is 0.276 e. The van der Waals surface area contributed by atoms with Crippen LogP contribution in [0.1, 0.15) is 16.2 Å². The largest absolute Gasteiger partial charge is 0.448 e. The molecule has 2 amide bonds. The highest BCUT2D eigenvalue weighted by atomic mass is 16.5. The lowest BCUT2D eigenvalue weighted by atomic mass is 10.0. The van der Waals surface area contributed by atoms with Crippen LogP contribution in [-0.4, -0.2) is 66.8 Å². The number of aryl methyl sites for hydroxylation is 1. The summed E-state index contributed by atoms with van der Waals surface area (Å²) in [6.45, 7) is 3.38. The van der Waals surface area contributed by atoms with Gasteiger partial charge >= 0.3 is 0 Å². The molecule has 2 saturated heterocycles. The summed E-state index contributed by atoms with van der Waals surface area (Å²) in [4.78, 5) is 32.7. The van der Waals surface area contributed by atoms with Crippen LogP contribution >= 0.6 is 0 Å². The highest BCUT2D eigenvalue weighted by Gasteiger charge is 2.44. The third-order valence-corrected chi connectivity index (χ3v) is 4.89. The Balaban J connectivity index is 1.58. The molecule has 1 aromatic carbocycles. The monoisotopic (exact) mass is 371 g/mol. The zero-order valence-electron chi connectivity index (χ0n) is 15.1. The van der Waals surface area contributed by atoms with Gasteiger partial charge in [0.15, 0.2) is 12.1 Å². The SMILES string of the molecule is Cc1ocnc1C(=O)N1CCOC2(COCC(=O)N(c3ccccc3)C2)C1. The second kappa shape index (κ2) is 7.13. The Morgan fingerprint density at radius 2 is 2.04 bits per heavy atom. The van der Waals surface area contributed by atoms with Gasteiger partial charge in [-0.2, -0.15) is 0 Å². The van der Waals surface area contributed by atoms with Crippen molar-refractivity contribution in [1.82, 2.24) is 9.88 Å². The molecule has 4 rings (SSSR count). The predicted octanol–water partition coefficient (Wildman–Crippen LogP) is 1.26. The summed E-state index contributed by atoms with van der Waals surface area (Å²) in [5, 5.41) is 0. The van der Waals surface area contributed by atoms with Crippen molar-refractivity contribution in [3.63, 3.8) is 0 Å². The summed E-state index contributed by atoms with van der Waals surface area (Å²) in [5.74, 6) is 0.155. The van der Waals surface area contributed by atoms with E-state index in [1.165, 1.54) is 6.39 Å². The number of para-hydroxylation sites is 1. The van der Waals surface area contributed by atoms with Crippen LogP contribution in [0.4, 0.5) is 5.69 Å². The van der Waals surface area contributed by atoms with Gasteiger partial charge in [-0.25, -0.2) is 4.98 Å². The first-order valence-corrected chi connectivity index (χ1v) is 8.84. The van der Waals surface area contributed by atoms with Crippen LogP contribution in [0.5, 0.6) is 0 Å². The number of carbonyl (C=O) groups excluding carboxylic acids is 2. The number of ether oxygens (including phenoxy) is 2. The van der Waals surface area contributed by atoms with E-state index in [1.807, 2.05) is 30.3 Å². The molecule has 0 bridgehead atoms. The van der Waals surface area contributed by atoms with E-state index in [-0.39, 0.29) is 25.0 Å². The van der Waals surface area contributed by atoms with Gasteiger partial charge < -0.3 is 23.7 Å². The number of hydrogen-bond acceptors (Lipinski definition) is 6. The van der Waals surface area contributed by atoms with Crippen LogP contribution in [0.15, 0.2) is 41.1 Å². The molecule has 0 N–H and O–H groups in total. The summed E-state index contributed by atoms with van der Waals surface area (Å²) in [7, 11) is 0. The fourth-order valence-electron chi connectivity index (χ4n) is 3.53. The molecular weight excluding hydrogens is 350 g/mol. The van der Waals surface area contributed by atoms with E-state index in [2.05, 4.69) is 4.98 Å². The van der Waals surface area contributed by atoms with Crippen molar-refractivity contribution in [1.29, 1.82) is 0 Å². The number of anilines is 1. The van der Waals surface area contributed by atoms with Gasteiger partial charge in [0, 0.05) is 12.2 Å². The lowest BCUT2D eigenvalue weighted by Crippen LogP contribution is -2.60. The first-order chi connectivity index (χ1) is 13.1. The summed E-state index contributed by atoms with van der Waals surface area (Å²) >= 11 is 0. The highest BCUT2D eigenvalue weighted by molar-refractivity contribution is 5.95. The minimum Gasteiger partial charge on any atom is -0.448 e. The quantitative estimate of drug-likeness (QED) is 0.790. The van der Waals surface area contributed by atoms with Gasteiger partial charge in [0.2, 0.25) is 0 Å². The molecule has 0 aliphatic carbocycles. The lowest BCUT2D eigenvalue weighted by molar-refractivity contribution is -0.128. The van der Waals surface area contributed by atoms with E-state index in [1.54, 1.807) is 16.7 Å². The average Bonchev–Trinajstić information content (AvgIpc) is 3.05. The minimum absolute atomic E-state index is 0.0175. The molecule has 2 aliphatic heterocycles. The minimum atomic E-state index is -0.784. The molecule has 2 fully saturated rings. The van der Waals surface area contributed by atoms with E-state index < -0.39 is 5.60 Å². The van der Waals surface area contributed by atoms with Gasteiger partial charge in [-0.05, 0) is 19.1 Å². The van der Waals surface area contributed by atoms with E-state index in [0.29, 0.717) is 37.7 Å². The second-order valence-corrected chi connectivity index (χ2v) is 6.82. The van der Waals surface area contributed by atoms with Crippen LogP contribution < -0.4 is 4.90 Å². The van der Waals surface area contributed by atoms with Crippen molar-refractivity contribution in [3.8, 4) is 0 Å². The van der Waals surface area contributed by atoms with Crippen molar-refractivity contribution in [3.05, 3.63) is 48.2 Å². The fourth-order valence-corrected chi connectivity index (χ4v) is 3.53. The number of rotatable bonds is 2. The van der Waals surface area contributed by atoms with Gasteiger partial charge in [-0.3, -0.25) is 9.59 Å². The van der Waals surface area contributed by atoms with Crippen molar-refractivity contribution in [2.45, 2.75) is 12.5 Å². The maximum absolute atomic E-state index is 12.8. The summed E-state index contributed by atoms with van der Waals surface area (Å²) in [6, 6.07) is 9.41. The Hall–Kier alpha value is -2.71. The van der Waals surface area contributed by atoms with Crippen molar-refractivity contribution in [2.24, 2.45) is 0 Å². The summed E-state index contributed by atoms with van der Waals surface area (Å²) < 4.78 is 16.8. The van der Waals surface area contributed by atoms with Gasteiger partial charge in [-0.15, -0.1) is 0 Å². The third kappa shape index (κ3) is 3.45. The van der Waals surface area contributed by atoms with Crippen molar-refractivity contribution in [2.75, 3.05) is 44.4 Å². The van der Waals surface area contributed by atoms with Gasteiger partial charge in [0.25, 0.3) is 11.8 Å². The molecule has 0 saturated carbocycles. The average molecular weight is 371 g/mol. The Morgan fingerprint density at radius 1 is 1.22 bits per heavy atom. The molecule has 8 nitrogen and oxygen atoms in total. The standard InChI is InChI=1S/C19H21N3O5/c1-14-17(20-13-26-14)18(24)21-7-8-27-19(10-21)11-22(16(23)9-25-12-19)15-5-3-2-4-6-15/h2-6,13H,7-12H2,1H3. The molecule has 142 valence electrons. The summed E-state index contributed by atoms with van der Waals surface area (Å²) in [6.07, 6.45) is 1.27. The number of amides is 2. The Bertz CT molecular complexity index is 837. The number of aromatic nitrogens is 1. The van der Waals surface area contributed by atoms with Crippen LogP contribution in [0.25, 0.3) is 0 Å². The lowest BCUT2D eigenvalue weighted by Gasteiger charge is -2.43. The Kier molecular flexibility index (Phi) is 4.67. The van der Waals surface area contributed by atoms with Crippen LogP contribution in [0, 0.1) is 6.92 Å². The van der Waals surface area contributed by atoms with E-state index in [9.17, 15) is 9.59 Å². The maximum atomic E-state index is 12.8. The summed E-state index contributed by atoms with van der Waals surface area (Å²) in [5.41, 5.74) is 0.303. The van der Waals surface area contributed by atoms with Crippen LogP contribution in [-0.2, 0) is 14.3 Å². The first-order valence-electron chi connectivity index (χ1n) is 8.84. The van der Waals surface area contributed by atoms with Gasteiger partial charge in [-0.1, -0.05) is 18.2 Å². The molecule has 0 radical (unpaired) electrons. The number of morpholine rings is 1. The van der Waals surface area contributed by atoms with Crippen LogP contribution in [0.2, 0.25) is 0 Å². The zero-order valence-corrected chi connectivity index (χ0v) is 15.1. The van der Waals surface area contributed by atoms with Crippen LogP contribution in [0.3, 0.4) is 0 Å². The highest BCUT2D eigenvalue weighted by Crippen LogP contribution is 2.27. The molecule has 2 aromatic rings. The Morgan fingerprint density at radius 3 is 2.78 bits per heavy atom. The smallest absolute Gasteiger partial charge is 0.276 e. The van der Waals surface area contributed by atoms with E-state index in [0.717, 1.165) is 5.69 Å². The first kappa shape index (κ1) is 17.7. The molecule has 1 aromatic heterocycles. The second-order valence-electron chi connectivity index (χ2n) is 6.82. The molecule has 27 heavy (non-hydrogen) atoms. The topological polar surface area (TPSA) is 85.1 Å². The molecule has 2 aliphatic rings. The Labute approximate surface area is 156 Å². The number of oxazole rings is 1. The van der Waals surface area contributed by atoms with Crippen molar-refractivity contribution >= 4 is 17.5 Å². The number of carbonyl (C=O) groups is 2. The molecule has 3 heterocycles. The molecular formula is C19H21N3O5. The van der Waals surface area contributed by atoms with Crippen molar-refractivity contribution < 1.29 is 23.5 Å². The van der Waals surface area contributed by atoms with E-state index in [4.69, 9.17) is 13.9 Å². The number of hydrogen-bond donors (Lipinski definition) is 0. The third-order valence-electron chi connectivity index (χ3n) is 4.89. The van der Waals surface area contributed by atoms with Gasteiger partial charge in [0.1, 0.15) is 18.0 Å². The molecule has 8 heteroatoms. The fraction of sp³-hybridized carbons (Fsp3) is 0.421. The van der Waals surface area contributed by atoms with E-state index >= 15 is 0 Å². The number of benzene rings is 1. The number of nitrogens with zero attached hydrogens (tertiary/aromatic N) is 3. The normalized spacial score (nSPS) is 23.5. The molecule has 1 atom stereocenters. The molecule has 1 spiro atoms.